The second-order valence-electron chi connectivity index (χ2n) is 9.92. The van der Waals surface area contributed by atoms with E-state index in [1.807, 2.05) is 32.9 Å². The van der Waals surface area contributed by atoms with Crippen LogP contribution < -0.4 is 10.2 Å². The molecule has 1 saturated heterocycles. The van der Waals surface area contributed by atoms with E-state index in [9.17, 15) is 14.7 Å². The number of halogens is 1. The van der Waals surface area contributed by atoms with E-state index in [0.29, 0.717) is 46.1 Å². The lowest BCUT2D eigenvalue weighted by Gasteiger charge is -2.44. The number of rotatable bonds is 6. The molecule has 4 rings (SSSR count). The molecule has 0 spiro atoms. The molecule has 4 heterocycles. The SMILES string of the molecule is CCC(=O)c1cnc2ccc(Cl)nc2c1Nc1ccc(N2CCC[C@H](N(C(=O)O)C(C)(C)C)C2)nc1. The third kappa shape index (κ3) is 5.36. The van der Waals surface area contributed by atoms with Crippen molar-refractivity contribution in [1.29, 1.82) is 0 Å². The third-order valence-corrected chi connectivity index (χ3v) is 6.54. The van der Waals surface area contributed by atoms with Crippen molar-refractivity contribution in [2.45, 2.75) is 58.5 Å². The number of aromatic nitrogens is 3. The number of carbonyl (C=O) groups excluding carboxylic acids is 1. The van der Waals surface area contributed by atoms with Crippen molar-refractivity contribution in [2.75, 3.05) is 23.3 Å². The largest absolute Gasteiger partial charge is 0.465 e. The fraction of sp³-hybridized carbons (Fsp3) is 0.423. The fourth-order valence-corrected chi connectivity index (χ4v) is 4.87. The topological polar surface area (TPSA) is 112 Å². The average molecular weight is 511 g/mol. The van der Waals surface area contributed by atoms with Crippen molar-refractivity contribution in [3.8, 4) is 0 Å². The quantitative estimate of drug-likeness (QED) is 0.318. The highest BCUT2D eigenvalue weighted by molar-refractivity contribution is 6.30. The van der Waals surface area contributed by atoms with E-state index in [1.54, 1.807) is 36.4 Å². The molecule has 1 aliphatic heterocycles. The molecule has 3 aromatic rings. The molecule has 2 N–H and O–H groups in total. The highest BCUT2D eigenvalue weighted by atomic mass is 35.5. The van der Waals surface area contributed by atoms with Gasteiger partial charge >= 0.3 is 6.09 Å². The van der Waals surface area contributed by atoms with Crippen LogP contribution in [0, 0.1) is 0 Å². The molecule has 10 heteroatoms. The van der Waals surface area contributed by atoms with Crippen LogP contribution in [-0.2, 0) is 0 Å². The van der Waals surface area contributed by atoms with Gasteiger partial charge in [0, 0.05) is 31.2 Å². The van der Waals surface area contributed by atoms with Gasteiger partial charge < -0.3 is 15.3 Å². The van der Waals surface area contributed by atoms with Crippen LogP contribution in [0.2, 0.25) is 5.15 Å². The Bertz CT molecular complexity index is 1280. The Kier molecular flexibility index (Phi) is 7.31. The minimum absolute atomic E-state index is 0.0561. The van der Waals surface area contributed by atoms with Gasteiger partial charge in [-0.15, -0.1) is 0 Å². The van der Waals surface area contributed by atoms with Gasteiger partial charge in [0.05, 0.1) is 34.7 Å². The van der Waals surface area contributed by atoms with Gasteiger partial charge in [0.25, 0.3) is 0 Å². The summed E-state index contributed by atoms with van der Waals surface area (Å²) in [6.45, 7) is 8.94. The van der Waals surface area contributed by atoms with Crippen LogP contribution in [0.5, 0.6) is 0 Å². The van der Waals surface area contributed by atoms with Crippen LogP contribution in [0.15, 0.2) is 36.7 Å². The van der Waals surface area contributed by atoms with Gasteiger partial charge in [-0.2, -0.15) is 0 Å². The molecule has 3 aromatic heterocycles. The van der Waals surface area contributed by atoms with Crippen molar-refractivity contribution in [2.24, 2.45) is 0 Å². The van der Waals surface area contributed by atoms with E-state index in [1.165, 1.54) is 0 Å². The second-order valence-corrected chi connectivity index (χ2v) is 10.3. The Morgan fingerprint density at radius 2 is 1.97 bits per heavy atom. The third-order valence-electron chi connectivity index (χ3n) is 6.33. The van der Waals surface area contributed by atoms with Crippen molar-refractivity contribution in [1.82, 2.24) is 19.9 Å². The zero-order valence-corrected chi connectivity index (χ0v) is 21.7. The number of nitrogens with one attached hydrogen (secondary N) is 1. The molecule has 36 heavy (non-hydrogen) atoms. The normalized spacial score (nSPS) is 16.1. The Balaban J connectivity index is 1.59. The zero-order valence-electron chi connectivity index (χ0n) is 21.0. The summed E-state index contributed by atoms with van der Waals surface area (Å²) >= 11 is 6.14. The summed E-state index contributed by atoms with van der Waals surface area (Å²) in [4.78, 5) is 41.7. The fourth-order valence-electron chi connectivity index (χ4n) is 4.73. The number of fused-ring (bicyclic) bond motifs is 1. The van der Waals surface area contributed by atoms with Crippen LogP contribution in [-0.4, -0.2) is 61.5 Å². The van der Waals surface area contributed by atoms with E-state index in [0.717, 1.165) is 25.2 Å². The van der Waals surface area contributed by atoms with E-state index in [4.69, 9.17) is 11.6 Å². The lowest BCUT2D eigenvalue weighted by molar-refractivity contribution is 0.0647. The molecule has 0 bridgehead atoms. The molecular formula is C26H31ClN6O3. The number of nitrogens with zero attached hydrogens (tertiary/aromatic N) is 5. The van der Waals surface area contributed by atoms with E-state index in [-0.39, 0.29) is 11.8 Å². The maximum Gasteiger partial charge on any atom is 0.408 e. The van der Waals surface area contributed by atoms with E-state index < -0.39 is 11.6 Å². The Hall–Kier alpha value is -3.46. The number of anilines is 3. The van der Waals surface area contributed by atoms with Crippen LogP contribution in [0.3, 0.4) is 0 Å². The number of amides is 1. The summed E-state index contributed by atoms with van der Waals surface area (Å²) in [5, 5.41) is 13.4. The lowest BCUT2D eigenvalue weighted by atomic mass is 9.97. The summed E-state index contributed by atoms with van der Waals surface area (Å²) in [5.74, 6) is 0.717. The van der Waals surface area contributed by atoms with Crippen LogP contribution in [0.1, 0.15) is 57.3 Å². The highest BCUT2D eigenvalue weighted by Crippen LogP contribution is 2.31. The molecular weight excluding hydrogens is 480 g/mol. The number of piperidine rings is 1. The lowest BCUT2D eigenvalue weighted by Crippen LogP contribution is -2.57. The van der Waals surface area contributed by atoms with Gasteiger partial charge in [0.1, 0.15) is 16.5 Å². The first-order chi connectivity index (χ1) is 17.1. The Morgan fingerprint density at radius 3 is 2.61 bits per heavy atom. The zero-order chi connectivity index (χ0) is 26.0. The predicted octanol–water partition coefficient (Wildman–Crippen LogP) is 5.76. The molecule has 1 amide bonds. The average Bonchev–Trinajstić information content (AvgIpc) is 2.83. The van der Waals surface area contributed by atoms with Gasteiger partial charge in [-0.1, -0.05) is 18.5 Å². The van der Waals surface area contributed by atoms with Crippen molar-refractivity contribution < 1.29 is 14.7 Å². The highest BCUT2D eigenvalue weighted by Gasteiger charge is 2.36. The minimum Gasteiger partial charge on any atom is -0.465 e. The molecule has 0 aromatic carbocycles. The van der Waals surface area contributed by atoms with Gasteiger partial charge in [-0.25, -0.2) is 14.8 Å². The van der Waals surface area contributed by atoms with Crippen LogP contribution in [0.25, 0.3) is 11.0 Å². The standard InChI is InChI=1S/C26H31ClN6O3/c1-5-20(34)18-14-28-19-9-10-21(27)31-24(19)23(18)30-16-8-11-22(29-13-16)32-12-6-7-17(15-32)33(25(35)36)26(2,3)4/h8-11,13-14,17H,5-7,12,15H2,1-4H3,(H,28,30)(H,35,36)/t17-/m0/s1. The number of Topliss-reactive ketones (excluding diaryl/α,β-unsaturated/α-hetero) is 1. The van der Waals surface area contributed by atoms with Gasteiger partial charge in [-0.05, 0) is 57.9 Å². The first-order valence-corrected chi connectivity index (χ1v) is 12.4. The van der Waals surface area contributed by atoms with Crippen molar-refractivity contribution >= 4 is 51.7 Å². The van der Waals surface area contributed by atoms with E-state index in [2.05, 4.69) is 25.2 Å². The molecule has 1 aliphatic rings. The number of pyridine rings is 3. The first kappa shape index (κ1) is 25.6. The molecule has 1 fully saturated rings. The second kappa shape index (κ2) is 10.3. The maximum atomic E-state index is 12.6. The summed E-state index contributed by atoms with van der Waals surface area (Å²) < 4.78 is 0. The molecule has 9 nitrogen and oxygen atoms in total. The smallest absolute Gasteiger partial charge is 0.408 e. The molecule has 0 radical (unpaired) electrons. The number of hydrogen-bond donors (Lipinski definition) is 2. The van der Waals surface area contributed by atoms with Crippen LogP contribution >= 0.6 is 11.6 Å². The monoisotopic (exact) mass is 510 g/mol. The number of hydrogen-bond acceptors (Lipinski definition) is 7. The minimum atomic E-state index is -0.905. The number of carbonyl (C=O) groups is 2. The molecule has 0 unspecified atom stereocenters. The van der Waals surface area contributed by atoms with Crippen LogP contribution in [0.4, 0.5) is 22.0 Å². The summed E-state index contributed by atoms with van der Waals surface area (Å²) in [7, 11) is 0. The van der Waals surface area contributed by atoms with E-state index >= 15 is 0 Å². The van der Waals surface area contributed by atoms with Gasteiger partial charge in [0.2, 0.25) is 0 Å². The van der Waals surface area contributed by atoms with Crippen molar-refractivity contribution in [3.63, 3.8) is 0 Å². The van der Waals surface area contributed by atoms with Gasteiger partial charge in [0.15, 0.2) is 5.78 Å². The summed E-state index contributed by atoms with van der Waals surface area (Å²) in [6, 6.07) is 7.11. The molecule has 0 saturated carbocycles. The summed E-state index contributed by atoms with van der Waals surface area (Å²) in [5.41, 5.74) is 2.33. The summed E-state index contributed by atoms with van der Waals surface area (Å²) in [6.07, 6.45) is 4.39. The van der Waals surface area contributed by atoms with Gasteiger partial charge in [-0.3, -0.25) is 14.7 Å². The molecule has 1 atom stereocenters. The Morgan fingerprint density at radius 1 is 1.19 bits per heavy atom. The Labute approximate surface area is 215 Å². The molecule has 0 aliphatic carbocycles. The maximum absolute atomic E-state index is 12.6. The first-order valence-electron chi connectivity index (χ1n) is 12.1. The molecule has 190 valence electrons. The predicted molar refractivity (Wildman–Crippen MR) is 142 cm³/mol. The number of ketones is 1. The number of carboxylic acid groups (broad SMARTS) is 1. The van der Waals surface area contributed by atoms with Crippen molar-refractivity contribution in [3.05, 3.63) is 47.4 Å².